The van der Waals surface area contributed by atoms with Crippen LogP contribution < -0.4 is 10.1 Å². The standard InChI is InChI=1S/C32H34ClF3N4O6S/c1-20(2)15-27(42)45-18-30(11-12-30)47(43,44)17-25(41)22-5-3-21(4-6-22)16-26-37-28(39-29(38-26)46-19-32(34,35)36)40-31(13-14-31)23-7-9-24(33)10-8-23/h3-10,20H,11-19H2,1-2H3,(H,37,38,39,40). The minimum Gasteiger partial charge on any atom is -0.464 e. The molecule has 0 bridgehead atoms. The molecule has 2 aliphatic carbocycles. The number of ether oxygens (including phenoxy) is 2. The Morgan fingerprint density at radius 3 is 2.21 bits per heavy atom. The number of hydrogen-bond acceptors (Lipinski definition) is 10. The highest BCUT2D eigenvalue weighted by molar-refractivity contribution is 7.93. The molecule has 2 saturated carbocycles. The van der Waals surface area contributed by atoms with Crippen molar-refractivity contribution in [1.29, 1.82) is 0 Å². The summed E-state index contributed by atoms with van der Waals surface area (Å²) in [6.07, 6.45) is -2.26. The summed E-state index contributed by atoms with van der Waals surface area (Å²) < 4.78 is 73.7. The van der Waals surface area contributed by atoms with Crippen LogP contribution in [0.5, 0.6) is 6.01 Å². The van der Waals surface area contributed by atoms with Gasteiger partial charge in [0, 0.05) is 23.4 Å². The Balaban J connectivity index is 1.27. The van der Waals surface area contributed by atoms with E-state index in [4.69, 9.17) is 21.1 Å². The molecule has 0 unspecified atom stereocenters. The van der Waals surface area contributed by atoms with Crippen LogP contribution in [0.15, 0.2) is 48.5 Å². The SMILES string of the molecule is CC(C)CC(=O)OCC1(S(=O)(=O)CC(=O)c2ccc(Cc3nc(NC4(c5ccc(Cl)cc5)CC4)nc(OCC(F)(F)F)n3)cc2)CC1. The third kappa shape index (κ3) is 8.98. The summed E-state index contributed by atoms with van der Waals surface area (Å²) in [6.45, 7) is 1.85. The Kier molecular flexibility index (Phi) is 9.84. The van der Waals surface area contributed by atoms with Gasteiger partial charge in [0.25, 0.3) is 0 Å². The molecule has 1 heterocycles. The number of halogens is 4. The number of esters is 1. The summed E-state index contributed by atoms with van der Waals surface area (Å²) in [5, 5.41) is 3.78. The third-order valence-electron chi connectivity index (χ3n) is 8.02. The van der Waals surface area contributed by atoms with E-state index in [9.17, 15) is 31.2 Å². The van der Waals surface area contributed by atoms with E-state index in [0.29, 0.717) is 23.4 Å². The van der Waals surface area contributed by atoms with Gasteiger partial charge in [0.1, 0.15) is 22.9 Å². The lowest BCUT2D eigenvalue weighted by molar-refractivity contribution is -0.154. The Hall–Kier alpha value is -3.78. The second kappa shape index (κ2) is 13.4. The Morgan fingerprint density at radius 2 is 1.64 bits per heavy atom. The van der Waals surface area contributed by atoms with E-state index in [1.54, 1.807) is 24.3 Å². The molecule has 1 N–H and O–H groups in total. The van der Waals surface area contributed by atoms with Crippen LogP contribution in [0.4, 0.5) is 19.1 Å². The molecule has 0 aliphatic heterocycles. The number of ketones is 1. The molecule has 2 aliphatic rings. The van der Waals surface area contributed by atoms with E-state index in [2.05, 4.69) is 20.3 Å². The van der Waals surface area contributed by atoms with Crippen molar-refractivity contribution in [3.05, 3.63) is 76.1 Å². The monoisotopic (exact) mass is 694 g/mol. The number of anilines is 1. The van der Waals surface area contributed by atoms with Gasteiger partial charge in [0.15, 0.2) is 22.2 Å². The molecular weight excluding hydrogens is 661 g/mol. The summed E-state index contributed by atoms with van der Waals surface area (Å²) in [6, 6.07) is 12.8. The third-order valence-corrected chi connectivity index (χ3v) is 10.8. The van der Waals surface area contributed by atoms with Gasteiger partial charge in [0.05, 0.1) is 5.54 Å². The number of sulfone groups is 1. The number of carbonyl (C=O) groups is 2. The van der Waals surface area contributed by atoms with Crippen LogP contribution in [0.25, 0.3) is 0 Å². The Morgan fingerprint density at radius 1 is 0.979 bits per heavy atom. The van der Waals surface area contributed by atoms with E-state index in [1.165, 1.54) is 12.1 Å². The zero-order valence-electron chi connectivity index (χ0n) is 25.8. The van der Waals surface area contributed by atoms with E-state index in [0.717, 1.165) is 18.4 Å². The van der Waals surface area contributed by atoms with Crippen molar-refractivity contribution in [2.45, 2.75) is 68.8 Å². The highest BCUT2D eigenvalue weighted by Crippen LogP contribution is 2.48. The van der Waals surface area contributed by atoms with Crippen molar-refractivity contribution in [2.75, 3.05) is 24.3 Å². The fourth-order valence-corrected chi connectivity index (χ4v) is 6.93. The average molecular weight is 695 g/mol. The van der Waals surface area contributed by atoms with E-state index < -0.39 is 56.4 Å². The van der Waals surface area contributed by atoms with Gasteiger partial charge in [-0.25, -0.2) is 8.42 Å². The molecule has 2 aromatic carbocycles. The number of nitrogens with one attached hydrogen (secondary N) is 1. The summed E-state index contributed by atoms with van der Waals surface area (Å²) >= 11 is 6.02. The van der Waals surface area contributed by atoms with E-state index >= 15 is 0 Å². The van der Waals surface area contributed by atoms with Gasteiger partial charge < -0.3 is 14.8 Å². The van der Waals surface area contributed by atoms with Gasteiger partial charge in [-0.1, -0.05) is 61.8 Å². The van der Waals surface area contributed by atoms with Crippen LogP contribution in [-0.4, -0.2) is 65.0 Å². The molecule has 0 saturated heterocycles. The molecule has 2 fully saturated rings. The molecule has 10 nitrogen and oxygen atoms in total. The van der Waals surface area contributed by atoms with Crippen LogP contribution in [0, 0.1) is 5.92 Å². The van der Waals surface area contributed by atoms with Gasteiger partial charge in [-0.05, 0) is 54.9 Å². The van der Waals surface area contributed by atoms with Gasteiger partial charge >= 0.3 is 18.2 Å². The number of nitrogens with zero attached hydrogens (tertiary/aromatic N) is 3. The topological polar surface area (TPSA) is 137 Å². The number of alkyl halides is 3. The number of benzene rings is 2. The quantitative estimate of drug-likeness (QED) is 0.152. The lowest BCUT2D eigenvalue weighted by atomic mass is 10.1. The maximum Gasteiger partial charge on any atom is 0.422 e. The Labute approximate surface area is 275 Å². The van der Waals surface area contributed by atoms with Crippen LogP contribution in [-0.2, 0) is 31.3 Å². The first-order valence-corrected chi connectivity index (χ1v) is 17.1. The highest BCUT2D eigenvalue weighted by Gasteiger charge is 2.56. The van der Waals surface area contributed by atoms with E-state index in [1.807, 2.05) is 26.0 Å². The highest BCUT2D eigenvalue weighted by atomic mass is 35.5. The maximum absolute atomic E-state index is 13.1. The number of hydrogen-bond donors (Lipinski definition) is 1. The minimum atomic E-state index is -4.60. The number of aromatic nitrogens is 3. The zero-order chi connectivity index (χ0) is 34.0. The zero-order valence-corrected chi connectivity index (χ0v) is 27.3. The molecule has 5 rings (SSSR count). The van der Waals surface area contributed by atoms with Crippen molar-refractivity contribution >= 4 is 39.1 Å². The van der Waals surface area contributed by atoms with Gasteiger partial charge in [-0.15, -0.1) is 0 Å². The molecule has 0 spiro atoms. The molecule has 3 aromatic rings. The molecule has 0 atom stereocenters. The number of Topliss-reactive ketones (excluding diaryl/α,β-unsaturated/α-hetero) is 1. The van der Waals surface area contributed by atoms with Crippen LogP contribution in [0.2, 0.25) is 5.02 Å². The smallest absolute Gasteiger partial charge is 0.422 e. The fourth-order valence-electron chi connectivity index (χ4n) is 5.03. The normalized spacial score (nSPS) is 16.4. The summed E-state index contributed by atoms with van der Waals surface area (Å²) in [5.41, 5.74) is 1.18. The maximum atomic E-state index is 13.1. The average Bonchev–Trinajstić information content (AvgIpc) is 3.92. The fraction of sp³-hybridized carbons (Fsp3) is 0.469. The molecule has 252 valence electrons. The summed E-state index contributed by atoms with van der Waals surface area (Å²) in [5.74, 6) is -1.58. The predicted octanol–water partition coefficient (Wildman–Crippen LogP) is 5.88. The molecular formula is C32H34ClF3N4O6S. The second-order valence-electron chi connectivity index (χ2n) is 12.5. The van der Waals surface area contributed by atoms with Gasteiger partial charge in [-0.3, -0.25) is 9.59 Å². The van der Waals surface area contributed by atoms with Crippen molar-refractivity contribution in [2.24, 2.45) is 5.92 Å². The van der Waals surface area contributed by atoms with Crippen molar-refractivity contribution in [1.82, 2.24) is 15.0 Å². The molecule has 0 amide bonds. The minimum absolute atomic E-state index is 0.0421. The van der Waals surface area contributed by atoms with Gasteiger partial charge in [-0.2, -0.15) is 28.1 Å². The number of rotatable bonds is 15. The lowest BCUT2D eigenvalue weighted by Gasteiger charge is -2.19. The summed E-state index contributed by atoms with van der Waals surface area (Å²) in [4.78, 5) is 37.5. The molecule has 0 radical (unpaired) electrons. The Bertz CT molecular complexity index is 1730. The lowest BCUT2D eigenvalue weighted by Crippen LogP contribution is -2.34. The first-order chi connectivity index (χ1) is 22.1. The van der Waals surface area contributed by atoms with Crippen LogP contribution in [0.3, 0.4) is 0 Å². The molecule has 1 aromatic heterocycles. The van der Waals surface area contributed by atoms with Crippen molar-refractivity contribution < 1.29 is 40.7 Å². The largest absolute Gasteiger partial charge is 0.464 e. The first-order valence-electron chi connectivity index (χ1n) is 15.1. The summed E-state index contributed by atoms with van der Waals surface area (Å²) in [7, 11) is -3.90. The van der Waals surface area contributed by atoms with Gasteiger partial charge in [0.2, 0.25) is 5.95 Å². The first kappa shape index (κ1) is 34.6. The molecule has 15 heteroatoms. The molecule has 47 heavy (non-hydrogen) atoms. The second-order valence-corrected chi connectivity index (χ2v) is 15.3. The van der Waals surface area contributed by atoms with Crippen LogP contribution >= 0.6 is 11.6 Å². The number of carbonyl (C=O) groups excluding carboxylic acids is 2. The van der Waals surface area contributed by atoms with Crippen molar-refractivity contribution in [3.63, 3.8) is 0 Å². The predicted molar refractivity (Wildman–Crippen MR) is 167 cm³/mol. The van der Waals surface area contributed by atoms with Crippen LogP contribution in [0.1, 0.15) is 73.3 Å². The van der Waals surface area contributed by atoms with Crippen molar-refractivity contribution in [3.8, 4) is 6.01 Å². The van der Waals surface area contributed by atoms with E-state index in [-0.39, 0.29) is 42.7 Å².